The molecule has 1 aromatic heterocycles. The van der Waals surface area contributed by atoms with Crippen LogP contribution in [0.3, 0.4) is 0 Å². The third kappa shape index (κ3) is 2.90. The molecule has 0 N–H and O–H groups in total. The summed E-state index contributed by atoms with van der Waals surface area (Å²) in [4.78, 5) is 12.2. The van der Waals surface area contributed by atoms with Gasteiger partial charge in [-0.1, -0.05) is 0 Å². The number of methoxy groups -OCH3 is 1. The molecule has 0 atom stereocenters. The van der Waals surface area contributed by atoms with Crippen LogP contribution in [-0.2, 0) is 13.5 Å². The van der Waals surface area contributed by atoms with E-state index in [2.05, 4.69) is 5.10 Å². The molecule has 106 valence electrons. The summed E-state index contributed by atoms with van der Waals surface area (Å²) < 4.78 is 6.95. The van der Waals surface area contributed by atoms with Crippen molar-refractivity contribution in [3.8, 4) is 5.75 Å². The molecule has 4 nitrogen and oxygen atoms in total. The molecule has 0 unspecified atom stereocenters. The Kier molecular flexibility index (Phi) is 4.23. The molecule has 0 amide bonds. The Labute approximate surface area is 119 Å². The minimum absolute atomic E-state index is 0.148. The summed E-state index contributed by atoms with van der Waals surface area (Å²) in [6, 6.07) is 7.25. The normalized spacial score (nSPS) is 10.6. The highest BCUT2D eigenvalue weighted by Crippen LogP contribution is 2.17. The lowest BCUT2D eigenvalue weighted by molar-refractivity contribution is 0.0983. The second-order valence-corrected chi connectivity index (χ2v) is 4.92. The van der Waals surface area contributed by atoms with Gasteiger partial charge in [0.25, 0.3) is 0 Å². The summed E-state index contributed by atoms with van der Waals surface area (Å²) in [5, 5.41) is 4.37. The zero-order valence-electron chi connectivity index (χ0n) is 12.4. The van der Waals surface area contributed by atoms with E-state index in [0.717, 1.165) is 29.1 Å². The fourth-order valence-electron chi connectivity index (χ4n) is 2.34. The van der Waals surface area contributed by atoms with E-state index in [-0.39, 0.29) is 5.78 Å². The van der Waals surface area contributed by atoms with Gasteiger partial charge in [-0.05, 0) is 50.1 Å². The van der Waals surface area contributed by atoms with Crippen molar-refractivity contribution in [3.05, 3.63) is 46.8 Å². The van der Waals surface area contributed by atoms with Crippen LogP contribution in [0.5, 0.6) is 5.75 Å². The van der Waals surface area contributed by atoms with E-state index in [4.69, 9.17) is 4.74 Å². The van der Waals surface area contributed by atoms with Crippen LogP contribution in [0, 0.1) is 13.8 Å². The second-order valence-electron chi connectivity index (χ2n) is 4.92. The van der Waals surface area contributed by atoms with Gasteiger partial charge in [0.1, 0.15) is 5.75 Å². The quantitative estimate of drug-likeness (QED) is 0.786. The molecule has 4 heteroatoms. The topological polar surface area (TPSA) is 44.1 Å². The van der Waals surface area contributed by atoms with Gasteiger partial charge in [-0.3, -0.25) is 9.48 Å². The third-order valence-electron chi connectivity index (χ3n) is 3.67. The smallest absolute Gasteiger partial charge is 0.163 e. The average molecular weight is 272 g/mol. The van der Waals surface area contributed by atoms with Gasteiger partial charge in [0.2, 0.25) is 0 Å². The summed E-state index contributed by atoms with van der Waals surface area (Å²) in [5.41, 5.74) is 4.04. The first-order valence-electron chi connectivity index (χ1n) is 6.69. The van der Waals surface area contributed by atoms with Crippen molar-refractivity contribution >= 4 is 5.78 Å². The molecule has 20 heavy (non-hydrogen) atoms. The molecular weight excluding hydrogens is 252 g/mol. The van der Waals surface area contributed by atoms with Crippen molar-refractivity contribution in [3.63, 3.8) is 0 Å². The van der Waals surface area contributed by atoms with Crippen molar-refractivity contribution in [2.45, 2.75) is 26.7 Å². The molecule has 0 aliphatic carbocycles. The molecule has 1 heterocycles. The number of carbonyl (C=O) groups is 1. The first-order valence-corrected chi connectivity index (χ1v) is 6.69. The van der Waals surface area contributed by atoms with Gasteiger partial charge in [-0.2, -0.15) is 5.10 Å². The van der Waals surface area contributed by atoms with Gasteiger partial charge in [0.15, 0.2) is 5.78 Å². The first kappa shape index (κ1) is 14.3. The number of hydrogen-bond acceptors (Lipinski definition) is 3. The average Bonchev–Trinajstić information content (AvgIpc) is 2.70. The van der Waals surface area contributed by atoms with Gasteiger partial charge in [-0.25, -0.2) is 0 Å². The summed E-state index contributed by atoms with van der Waals surface area (Å²) in [6.07, 6.45) is 1.23. The fourth-order valence-corrected chi connectivity index (χ4v) is 2.34. The fraction of sp³-hybridized carbons (Fsp3) is 0.375. The highest BCUT2D eigenvalue weighted by molar-refractivity contribution is 5.96. The summed E-state index contributed by atoms with van der Waals surface area (Å²) in [6.45, 7) is 4.02. The number of aromatic nitrogens is 2. The molecule has 0 saturated heterocycles. The van der Waals surface area contributed by atoms with Crippen molar-refractivity contribution < 1.29 is 9.53 Å². The van der Waals surface area contributed by atoms with Crippen LogP contribution in [0.1, 0.15) is 33.7 Å². The van der Waals surface area contributed by atoms with Crippen LogP contribution in [0.4, 0.5) is 0 Å². The number of rotatable bonds is 5. The van der Waals surface area contributed by atoms with E-state index in [1.807, 2.05) is 49.8 Å². The van der Waals surface area contributed by atoms with E-state index in [9.17, 15) is 4.79 Å². The maximum atomic E-state index is 12.2. The van der Waals surface area contributed by atoms with Crippen LogP contribution < -0.4 is 4.74 Å². The summed E-state index contributed by atoms with van der Waals surface area (Å²) >= 11 is 0. The highest BCUT2D eigenvalue weighted by atomic mass is 16.5. The van der Waals surface area contributed by atoms with Crippen LogP contribution in [0.25, 0.3) is 0 Å². The number of carbonyl (C=O) groups excluding carboxylic acids is 1. The third-order valence-corrected chi connectivity index (χ3v) is 3.67. The number of nitrogens with zero attached hydrogens (tertiary/aromatic N) is 2. The largest absolute Gasteiger partial charge is 0.497 e. The summed E-state index contributed by atoms with van der Waals surface area (Å²) in [7, 11) is 3.54. The van der Waals surface area contributed by atoms with Crippen molar-refractivity contribution in [2.75, 3.05) is 7.11 Å². The lowest BCUT2D eigenvalue weighted by Crippen LogP contribution is -2.02. The lowest BCUT2D eigenvalue weighted by atomic mass is 10.0. The molecule has 0 aliphatic heterocycles. The monoisotopic (exact) mass is 272 g/mol. The van der Waals surface area contributed by atoms with Crippen molar-refractivity contribution in [2.24, 2.45) is 7.05 Å². The van der Waals surface area contributed by atoms with E-state index < -0.39 is 0 Å². The molecule has 0 aliphatic rings. The van der Waals surface area contributed by atoms with E-state index in [0.29, 0.717) is 6.42 Å². The van der Waals surface area contributed by atoms with E-state index in [1.54, 1.807) is 7.11 Å². The molecule has 0 fully saturated rings. The Morgan fingerprint density at radius 3 is 2.40 bits per heavy atom. The Hall–Kier alpha value is -2.10. The number of Topliss-reactive ketones (excluding diaryl/α,β-unsaturated/α-hetero) is 1. The predicted octanol–water partition coefficient (Wildman–Crippen LogP) is 2.86. The lowest BCUT2D eigenvalue weighted by Gasteiger charge is -2.04. The second kappa shape index (κ2) is 5.90. The molecule has 0 radical (unpaired) electrons. The van der Waals surface area contributed by atoms with Gasteiger partial charge in [0, 0.05) is 24.7 Å². The summed E-state index contributed by atoms with van der Waals surface area (Å²) in [5.74, 6) is 0.913. The Bertz CT molecular complexity index is 612. The zero-order chi connectivity index (χ0) is 14.7. The number of ether oxygens (including phenoxy) is 1. The molecule has 1 aromatic carbocycles. The zero-order valence-corrected chi connectivity index (χ0v) is 12.4. The number of ketones is 1. The molecule has 0 spiro atoms. The molecule has 2 aromatic rings. The predicted molar refractivity (Wildman–Crippen MR) is 78.3 cm³/mol. The van der Waals surface area contributed by atoms with Gasteiger partial charge in [0.05, 0.1) is 12.8 Å². The maximum absolute atomic E-state index is 12.2. The van der Waals surface area contributed by atoms with E-state index in [1.165, 1.54) is 5.56 Å². The van der Waals surface area contributed by atoms with Crippen LogP contribution in [0.15, 0.2) is 24.3 Å². The van der Waals surface area contributed by atoms with Gasteiger partial charge in [-0.15, -0.1) is 0 Å². The van der Waals surface area contributed by atoms with Gasteiger partial charge >= 0.3 is 0 Å². The highest BCUT2D eigenvalue weighted by Gasteiger charge is 2.12. The number of hydrogen-bond donors (Lipinski definition) is 0. The molecular formula is C16H20N2O2. The minimum atomic E-state index is 0.148. The van der Waals surface area contributed by atoms with Crippen LogP contribution in [-0.4, -0.2) is 22.7 Å². The SMILES string of the molecule is COc1ccc(C(=O)CCc2c(C)nn(C)c2C)cc1. The minimum Gasteiger partial charge on any atom is -0.497 e. The van der Waals surface area contributed by atoms with Gasteiger partial charge < -0.3 is 4.74 Å². The van der Waals surface area contributed by atoms with E-state index >= 15 is 0 Å². The Balaban J connectivity index is 2.04. The molecule has 0 bridgehead atoms. The standard InChI is InChI=1S/C16H20N2O2/c1-11-15(12(2)18(3)17-11)9-10-16(19)13-5-7-14(20-4)8-6-13/h5-8H,9-10H2,1-4H3. The number of benzene rings is 1. The Morgan fingerprint density at radius 1 is 1.25 bits per heavy atom. The van der Waals surface area contributed by atoms with Crippen LogP contribution in [0.2, 0.25) is 0 Å². The first-order chi connectivity index (χ1) is 9.52. The maximum Gasteiger partial charge on any atom is 0.163 e. The number of aryl methyl sites for hydroxylation is 2. The van der Waals surface area contributed by atoms with Crippen LogP contribution >= 0.6 is 0 Å². The molecule has 0 saturated carbocycles. The van der Waals surface area contributed by atoms with Crippen molar-refractivity contribution in [1.29, 1.82) is 0 Å². The van der Waals surface area contributed by atoms with Crippen molar-refractivity contribution in [1.82, 2.24) is 9.78 Å². The Morgan fingerprint density at radius 2 is 1.90 bits per heavy atom. The molecule has 2 rings (SSSR count).